The van der Waals surface area contributed by atoms with Crippen molar-refractivity contribution >= 4 is 16.1 Å². The fourth-order valence-electron chi connectivity index (χ4n) is 9.02. The number of carboxylic acids is 1. The SMILES string of the molecule is CC(CC(=O)O)C1CCC2[C@@H]3CC[C@]4(N)C[C@H](OS(C)(=O)=O)CC[C@]4(C)C3CC[C@]12C. The second-order valence-corrected chi connectivity index (χ2v) is 13.6. The second-order valence-electron chi connectivity index (χ2n) is 12.0. The maximum atomic E-state index is 11.7. The van der Waals surface area contributed by atoms with Crippen LogP contribution >= 0.6 is 0 Å². The minimum atomic E-state index is -3.47. The molecule has 0 saturated heterocycles. The van der Waals surface area contributed by atoms with Gasteiger partial charge in [0.2, 0.25) is 0 Å². The summed E-state index contributed by atoms with van der Waals surface area (Å²) < 4.78 is 28.7. The molecule has 0 bridgehead atoms. The number of fused-ring (bicyclic) bond motifs is 5. The zero-order chi connectivity index (χ0) is 22.8. The molecule has 0 aromatic carbocycles. The molecule has 0 aromatic rings. The number of hydrogen-bond donors (Lipinski definition) is 2. The highest BCUT2D eigenvalue weighted by atomic mass is 32.2. The van der Waals surface area contributed by atoms with Crippen molar-refractivity contribution in [2.24, 2.45) is 46.2 Å². The van der Waals surface area contributed by atoms with Crippen molar-refractivity contribution in [3.8, 4) is 0 Å². The number of hydrogen-bond acceptors (Lipinski definition) is 5. The van der Waals surface area contributed by atoms with E-state index in [1.165, 1.54) is 6.42 Å². The first-order chi connectivity index (χ1) is 14.3. The van der Waals surface area contributed by atoms with Crippen LogP contribution in [0.5, 0.6) is 0 Å². The monoisotopic (exact) mass is 455 g/mol. The Morgan fingerprint density at radius 2 is 1.81 bits per heavy atom. The molecule has 9 atom stereocenters. The Morgan fingerprint density at radius 1 is 1.10 bits per heavy atom. The van der Waals surface area contributed by atoms with E-state index in [-0.39, 0.29) is 34.8 Å². The predicted molar refractivity (Wildman–Crippen MR) is 120 cm³/mol. The minimum absolute atomic E-state index is 0.0133. The third kappa shape index (κ3) is 3.86. The van der Waals surface area contributed by atoms with E-state index in [9.17, 15) is 18.3 Å². The minimum Gasteiger partial charge on any atom is -0.481 e. The summed E-state index contributed by atoms with van der Waals surface area (Å²) in [5.41, 5.74) is 6.95. The van der Waals surface area contributed by atoms with Crippen LogP contribution in [-0.2, 0) is 19.1 Å². The number of rotatable bonds is 5. The highest BCUT2D eigenvalue weighted by Gasteiger charge is 2.64. The van der Waals surface area contributed by atoms with Gasteiger partial charge in [-0.25, -0.2) is 0 Å². The average Bonchev–Trinajstić information content (AvgIpc) is 2.98. The van der Waals surface area contributed by atoms with E-state index in [0.717, 1.165) is 51.2 Å². The van der Waals surface area contributed by atoms with Crippen molar-refractivity contribution in [2.45, 2.75) is 96.6 Å². The van der Waals surface area contributed by atoms with Crippen LogP contribution in [0.1, 0.15) is 85.0 Å². The molecule has 4 unspecified atom stereocenters. The lowest BCUT2D eigenvalue weighted by Crippen LogP contribution is -2.67. The molecular formula is C24H41NO5S. The Bertz CT molecular complexity index is 830. The van der Waals surface area contributed by atoms with Gasteiger partial charge in [0.25, 0.3) is 10.1 Å². The summed E-state index contributed by atoms with van der Waals surface area (Å²) in [5.74, 6) is 1.90. The molecule has 3 N–H and O–H groups in total. The number of carboxylic acid groups (broad SMARTS) is 1. The predicted octanol–water partition coefficient (Wildman–Crippen LogP) is 4.18. The van der Waals surface area contributed by atoms with E-state index in [1.54, 1.807) is 0 Å². The molecule has 0 aromatic heterocycles. The molecule has 6 nitrogen and oxygen atoms in total. The van der Waals surface area contributed by atoms with E-state index in [0.29, 0.717) is 30.1 Å². The van der Waals surface area contributed by atoms with Gasteiger partial charge in [-0.05, 0) is 98.2 Å². The maximum absolute atomic E-state index is 11.7. The molecule has 4 fully saturated rings. The van der Waals surface area contributed by atoms with E-state index < -0.39 is 16.1 Å². The lowest BCUT2D eigenvalue weighted by molar-refractivity contribution is -0.143. The molecule has 31 heavy (non-hydrogen) atoms. The van der Waals surface area contributed by atoms with Gasteiger partial charge in [-0.3, -0.25) is 8.98 Å². The van der Waals surface area contributed by atoms with Crippen molar-refractivity contribution in [3.05, 3.63) is 0 Å². The van der Waals surface area contributed by atoms with Crippen LogP contribution in [0.4, 0.5) is 0 Å². The van der Waals surface area contributed by atoms with Gasteiger partial charge in [-0.15, -0.1) is 0 Å². The standard InChI is InChI=1S/C24H41NO5S/c1-15(13-21(26)27)18-5-6-19-17-8-12-24(25)14-16(30-31(4,28)29)7-11-23(24,3)20(17)9-10-22(18,19)2/h15-20H,5-14,25H2,1-4H3,(H,26,27)/t15?,16-,17+,18?,19?,20?,22-,23-,24+/m1/s1. The summed E-state index contributed by atoms with van der Waals surface area (Å²) in [4.78, 5) is 11.3. The van der Waals surface area contributed by atoms with Crippen LogP contribution in [0.15, 0.2) is 0 Å². The van der Waals surface area contributed by atoms with Crippen LogP contribution < -0.4 is 5.73 Å². The van der Waals surface area contributed by atoms with Gasteiger partial charge in [0.1, 0.15) is 0 Å². The first-order valence-electron chi connectivity index (χ1n) is 12.2. The van der Waals surface area contributed by atoms with E-state index in [2.05, 4.69) is 20.8 Å². The Kier molecular flexibility index (Phi) is 5.83. The lowest BCUT2D eigenvalue weighted by atomic mass is 9.42. The Balaban J connectivity index is 1.54. The Morgan fingerprint density at radius 3 is 2.45 bits per heavy atom. The molecule has 178 valence electrons. The summed E-state index contributed by atoms with van der Waals surface area (Å²) in [7, 11) is -3.47. The smallest absolute Gasteiger partial charge is 0.303 e. The third-order valence-corrected chi connectivity index (χ3v) is 11.1. The summed E-state index contributed by atoms with van der Waals surface area (Å²) in [6.45, 7) is 6.94. The molecule has 7 heteroatoms. The zero-order valence-electron chi connectivity index (χ0n) is 19.6. The van der Waals surface area contributed by atoms with Crippen molar-refractivity contribution in [1.82, 2.24) is 0 Å². The number of nitrogens with two attached hydrogens (primary N) is 1. The van der Waals surface area contributed by atoms with Gasteiger partial charge in [-0.2, -0.15) is 8.42 Å². The van der Waals surface area contributed by atoms with Crippen LogP contribution in [0, 0.1) is 40.4 Å². The van der Waals surface area contributed by atoms with Gasteiger partial charge in [0.15, 0.2) is 0 Å². The molecule has 4 rings (SSSR count). The van der Waals surface area contributed by atoms with Crippen molar-refractivity contribution in [2.75, 3.05) is 6.26 Å². The van der Waals surface area contributed by atoms with Gasteiger partial charge >= 0.3 is 5.97 Å². The van der Waals surface area contributed by atoms with E-state index in [4.69, 9.17) is 9.92 Å². The summed E-state index contributed by atoms with van der Waals surface area (Å²) in [6.07, 6.45) is 10.1. The van der Waals surface area contributed by atoms with Crippen LogP contribution in [0.25, 0.3) is 0 Å². The van der Waals surface area contributed by atoms with Gasteiger partial charge < -0.3 is 10.8 Å². The molecule has 0 heterocycles. The molecule has 0 amide bonds. The topological polar surface area (TPSA) is 107 Å². The van der Waals surface area contributed by atoms with Crippen molar-refractivity contribution in [3.63, 3.8) is 0 Å². The van der Waals surface area contributed by atoms with Crippen molar-refractivity contribution in [1.29, 1.82) is 0 Å². The van der Waals surface area contributed by atoms with E-state index >= 15 is 0 Å². The highest BCUT2D eigenvalue weighted by Crippen LogP contribution is 2.68. The fourth-order valence-corrected chi connectivity index (χ4v) is 9.68. The molecule has 0 spiro atoms. The van der Waals surface area contributed by atoms with Gasteiger partial charge in [-0.1, -0.05) is 20.8 Å². The lowest BCUT2D eigenvalue weighted by Gasteiger charge is -2.65. The zero-order valence-corrected chi connectivity index (χ0v) is 20.4. The van der Waals surface area contributed by atoms with Crippen molar-refractivity contribution < 1.29 is 22.5 Å². The second kappa shape index (κ2) is 7.69. The first-order valence-corrected chi connectivity index (χ1v) is 14.0. The Labute approximate surface area is 187 Å². The quantitative estimate of drug-likeness (QED) is 0.602. The summed E-state index contributed by atoms with van der Waals surface area (Å²) in [5, 5.41) is 9.33. The van der Waals surface area contributed by atoms with Crippen LogP contribution in [-0.4, -0.2) is 37.4 Å². The first kappa shape index (κ1) is 23.5. The maximum Gasteiger partial charge on any atom is 0.303 e. The van der Waals surface area contributed by atoms with Gasteiger partial charge in [0.05, 0.1) is 12.4 Å². The largest absolute Gasteiger partial charge is 0.481 e. The number of carbonyl (C=O) groups is 1. The Hall–Kier alpha value is -0.660. The third-order valence-electron chi connectivity index (χ3n) is 10.5. The normalized spacial score (nSPS) is 48.4. The molecule has 0 radical (unpaired) electrons. The van der Waals surface area contributed by atoms with Gasteiger partial charge in [0, 0.05) is 12.0 Å². The molecule has 4 aliphatic rings. The average molecular weight is 456 g/mol. The highest BCUT2D eigenvalue weighted by molar-refractivity contribution is 7.86. The molecule has 4 aliphatic carbocycles. The number of aliphatic carboxylic acids is 1. The molecule has 4 saturated carbocycles. The molecule has 0 aliphatic heterocycles. The summed E-state index contributed by atoms with van der Waals surface area (Å²) >= 11 is 0. The van der Waals surface area contributed by atoms with Crippen LogP contribution in [0.3, 0.4) is 0 Å². The van der Waals surface area contributed by atoms with Crippen LogP contribution in [0.2, 0.25) is 0 Å². The summed E-state index contributed by atoms with van der Waals surface area (Å²) in [6, 6.07) is 0. The fraction of sp³-hybridized carbons (Fsp3) is 0.958. The molecular weight excluding hydrogens is 414 g/mol. The van der Waals surface area contributed by atoms with E-state index in [1.807, 2.05) is 0 Å².